The summed E-state index contributed by atoms with van der Waals surface area (Å²) in [7, 11) is -1.38. The highest BCUT2D eigenvalue weighted by Gasteiger charge is 2.15. The van der Waals surface area contributed by atoms with Gasteiger partial charge in [-0.3, -0.25) is 4.78 Å². The Kier molecular flexibility index (Phi) is 6.37. The molecule has 0 radical (unpaired) electrons. The van der Waals surface area contributed by atoms with Gasteiger partial charge in [-0.15, -0.1) is 0 Å². The van der Waals surface area contributed by atoms with E-state index >= 15 is 0 Å². The van der Waals surface area contributed by atoms with Crippen molar-refractivity contribution < 1.29 is 17.7 Å². The topological polar surface area (TPSA) is 88.0 Å². The van der Waals surface area contributed by atoms with E-state index in [4.69, 9.17) is 9.52 Å². The molecular formula is C20H19BrF2N4O2S. The summed E-state index contributed by atoms with van der Waals surface area (Å²) in [5, 5.41) is 3.01. The molecule has 158 valence electrons. The van der Waals surface area contributed by atoms with Gasteiger partial charge in [0.15, 0.2) is 0 Å². The van der Waals surface area contributed by atoms with E-state index in [-0.39, 0.29) is 17.1 Å². The summed E-state index contributed by atoms with van der Waals surface area (Å²) in [4.78, 5) is 8.45. The molecule has 2 heterocycles. The fourth-order valence-electron chi connectivity index (χ4n) is 2.92. The number of aromatic nitrogens is 2. The van der Waals surface area contributed by atoms with Crippen LogP contribution in [-0.4, -0.2) is 27.5 Å². The molecule has 10 heteroatoms. The van der Waals surface area contributed by atoms with Gasteiger partial charge in [0.25, 0.3) is 0 Å². The summed E-state index contributed by atoms with van der Waals surface area (Å²) in [6.45, 7) is 1.77. The fraction of sp³-hybridized carbons (Fsp3) is 0.200. The van der Waals surface area contributed by atoms with Crippen LogP contribution in [0.4, 0.5) is 20.4 Å². The largest absolute Gasteiger partial charge is 0.496 e. The summed E-state index contributed by atoms with van der Waals surface area (Å²) in [5.74, 6) is -0.121. The van der Waals surface area contributed by atoms with Crippen molar-refractivity contribution in [2.45, 2.75) is 12.7 Å². The Bertz CT molecular complexity index is 1220. The average molecular weight is 497 g/mol. The standard InChI is InChI=1S/C20H19BrF2N4O2S/c1-11-20(21)12(10-30(3,24)28)6-19(26-11)27-18-8-15(16(23)9-25-18)14-5-4-13(22)7-17(14)29-2/h4-9,24H,10H2,1-3H3,(H,25,26,27). The number of ether oxygens (including phenoxy) is 1. The zero-order valence-electron chi connectivity index (χ0n) is 16.4. The number of halogens is 3. The number of rotatable bonds is 6. The van der Waals surface area contributed by atoms with Gasteiger partial charge < -0.3 is 10.1 Å². The molecule has 0 bridgehead atoms. The monoisotopic (exact) mass is 496 g/mol. The predicted octanol–water partition coefficient (Wildman–Crippen LogP) is 5.42. The second kappa shape index (κ2) is 8.65. The minimum Gasteiger partial charge on any atom is -0.496 e. The zero-order chi connectivity index (χ0) is 22.1. The zero-order valence-corrected chi connectivity index (χ0v) is 18.8. The number of hydrogen-bond donors (Lipinski definition) is 2. The van der Waals surface area contributed by atoms with Gasteiger partial charge in [0, 0.05) is 37.7 Å². The lowest BCUT2D eigenvalue weighted by Crippen LogP contribution is -2.05. The SMILES string of the molecule is COc1cc(F)ccc1-c1cc(Nc2cc(CS(C)(=N)=O)c(Br)c(C)n2)ncc1F. The van der Waals surface area contributed by atoms with Crippen molar-refractivity contribution in [3.05, 3.63) is 63.9 Å². The normalized spacial score (nSPS) is 13.0. The maximum Gasteiger partial charge on any atom is 0.149 e. The smallest absolute Gasteiger partial charge is 0.149 e. The molecule has 0 fully saturated rings. The van der Waals surface area contributed by atoms with Crippen molar-refractivity contribution in [1.29, 1.82) is 4.78 Å². The molecule has 0 aliphatic rings. The summed E-state index contributed by atoms with van der Waals surface area (Å²) in [6, 6.07) is 6.97. The molecule has 3 rings (SSSR count). The second-order valence-electron chi connectivity index (χ2n) is 6.73. The molecule has 2 aromatic heterocycles. The number of nitrogens with one attached hydrogen (secondary N) is 2. The Morgan fingerprint density at radius 2 is 1.93 bits per heavy atom. The van der Waals surface area contributed by atoms with E-state index in [2.05, 4.69) is 31.2 Å². The fourth-order valence-corrected chi connectivity index (χ4v) is 4.27. The third-order valence-corrected chi connectivity index (χ3v) is 6.14. The number of aryl methyl sites for hydroxylation is 1. The first-order valence-corrected chi connectivity index (χ1v) is 11.6. The second-order valence-corrected chi connectivity index (χ2v) is 9.83. The lowest BCUT2D eigenvalue weighted by molar-refractivity contribution is 0.412. The third-order valence-electron chi connectivity index (χ3n) is 4.19. The van der Waals surface area contributed by atoms with Crippen LogP contribution < -0.4 is 10.1 Å². The van der Waals surface area contributed by atoms with Gasteiger partial charge in [-0.1, -0.05) is 0 Å². The minimum atomic E-state index is -2.76. The first-order valence-electron chi connectivity index (χ1n) is 8.71. The van der Waals surface area contributed by atoms with E-state index in [9.17, 15) is 13.0 Å². The first-order chi connectivity index (χ1) is 14.1. The van der Waals surface area contributed by atoms with Crippen LogP contribution in [-0.2, 0) is 15.5 Å². The highest BCUT2D eigenvalue weighted by molar-refractivity contribution is 9.10. The van der Waals surface area contributed by atoms with Gasteiger partial charge in [-0.2, -0.15) is 0 Å². The molecule has 30 heavy (non-hydrogen) atoms. The summed E-state index contributed by atoms with van der Waals surface area (Å²) in [6.07, 6.45) is 2.42. The van der Waals surface area contributed by atoms with E-state index in [1.54, 1.807) is 13.0 Å². The Balaban J connectivity index is 2.01. The summed E-state index contributed by atoms with van der Waals surface area (Å²) in [5.41, 5.74) is 1.86. The highest BCUT2D eigenvalue weighted by atomic mass is 79.9. The number of nitrogens with zero attached hydrogens (tertiary/aromatic N) is 2. The Morgan fingerprint density at radius 3 is 2.60 bits per heavy atom. The Hall–Kier alpha value is -2.59. The van der Waals surface area contributed by atoms with Crippen molar-refractivity contribution in [3.63, 3.8) is 0 Å². The van der Waals surface area contributed by atoms with E-state index in [1.165, 1.54) is 37.6 Å². The Morgan fingerprint density at radius 1 is 1.20 bits per heavy atom. The number of anilines is 2. The van der Waals surface area contributed by atoms with Crippen LogP contribution in [0.15, 0.2) is 41.0 Å². The van der Waals surface area contributed by atoms with Gasteiger partial charge >= 0.3 is 0 Å². The van der Waals surface area contributed by atoms with E-state index < -0.39 is 21.4 Å². The number of pyridine rings is 2. The molecule has 0 spiro atoms. The van der Waals surface area contributed by atoms with Gasteiger partial charge in [0.2, 0.25) is 0 Å². The van der Waals surface area contributed by atoms with E-state index in [0.29, 0.717) is 32.9 Å². The van der Waals surface area contributed by atoms with Crippen LogP contribution in [0.5, 0.6) is 5.75 Å². The number of methoxy groups -OCH3 is 1. The first kappa shape index (κ1) is 22.1. The molecule has 0 aliphatic heterocycles. The number of benzene rings is 1. The minimum absolute atomic E-state index is 0.0560. The van der Waals surface area contributed by atoms with Crippen molar-refractivity contribution in [2.24, 2.45) is 0 Å². The summed E-state index contributed by atoms with van der Waals surface area (Å²) >= 11 is 3.42. The van der Waals surface area contributed by atoms with Crippen LogP contribution in [0, 0.1) is 23.3 Å². The maximum absolute atomic E-state index is 14.5. The average Bonchev–Trinajstić information content (AvgIpc) is 2.66. The van der Waals surface area contributed by atoms with Crippen LogP contribution in [0.3, 0.4) is 0 Å². The van der Waals surface area contributed by atoms with Crippen LogP contribution in [0.25, 0.3) is 11.1 Å². The van der Waals surface area contributed by atoms with Crippen LogP contribution >= 0.6 is 15.9 Å². The van der Waals surface area contributed by atoms with Gasteiger partial charge in [-0.25, -0.2) is 23.0 Å². The molecule has 1 atom stereocenters. The molecule has 1 aromatic carbocycles. The molecule has 0 aliphatic carbocycles. The quantitative estimate of drug-likeness (QED) is 0.475. The van der Waals surface area contributed by atoms with Gasteiger partial charge in [0.05, 0.1) is 24.8 Å². The van der Waals surface area contributed by atoms with Gasteiger partial charge in [0.1, 0.15) is 29.0 Å². The van der Waals surface area contributed by atoms with E-state index in [0.717, 1.165) is 6.20 Å². The lowest BCUT2D eigenvalue weighted by Gasteiger charge is -2.13. The Labute approximate surface area is 181 Å². The molecule has 6 nitrogen and oxygen atoms in total. The molecular weight excluding hydrogens is 478 g/mol. The third kappa shape index (κ3) is 5.11. The summed E-state index contributed by atoms with van der Waals surface area (Å²) < 4.78 is 53.4. The van der Waals surface area contributed by atoms with Crippen molar-refractivity contribution in [2.75, 3.05) is 18.7 Å². The van der Waals surface area contributed by atoms with Crippen molar-refractivity contribution >= 4 is 37.3 Å². The molecule has 2 N–H and O–H groups in total. The predicted molar refractivity (Wildman–Crippen MR) is 117 cm³/mol. The molecule has 3 aromatic rings. The van der Waals surface area contributed by atoms with Gasteiger partial charge in [-0.05, 0) is 52.7 Å². The van der Waals surface area contributed by atoms with Crippen LogP contribution in [0.2, 0.25) is 0 Å². The lowest BCUT2D eigenvalue weighted by atomic mass is 10.0. The van der Waals surface area contributed by atoms with Crippen molar-refractivity contribution in [1.82, 2.24) is 9.97 Å². The molecule has 0 saturated carbocycles. The van der Waals surface area contributed by atoms with Crippen molar-refractivity contribution in [3.8, 4) is 16.9 Å². The maximum atomic E-state index is 14.5. The number of hydrogen-bond acceptors (Lipinski definition) is 6. The molecule has 1 unspecified atom stereocenters. The van der Waals surface area contributed by atoms with E-state index in [1.807, 2.05) is 0 Å². The molecule has 0 saturated heterocycles. The molecule has 0 amide bonds. The van der Waals surface area contributed by atoms with Crippen LogP contribution in [0.1, 0.15) is 11.3 Å². The highest BCUT2D eigenvalue weighted by Crippen LogP contribution is 2.34.